The van der Waals surface area contributed by atoms with E-state index in [1.807, 2.05) is 13.0 Å². The van der Waals surface area contributed by atoms with Crippen LogP contribution in [0.4, 0.5) is 14.5 Å². The fraction of sp³-hybridized carbons (Fsp3) is 0.182. The smallest absolute Gasteiger partial charge is 0.257 e. The number of halogens is 2. The van der Waals surface area contributed by atoms with Crippen LogP contribution in [0.2, 0.25) is 0 Å². The maximum Gasteiger partial charge on any atom is 0.257 e. The van der Waals surface area contributed by atoms with Gasteiger partial charge in [0.1, 0.15) is 0 Å². The van der Waals surface area contributed by atoms with Gasteiger partial charge in [-0.25, -0.2) is 8.78 Å². The van der Waals surface area contributed by atoms with Gasteiger partial charge in [0.15, 0.2) is 0 Å². The molecule has 0 atom stereocenters. The third-order valence-corrected chi connectivity index (χ3v) is 1.68. The number of hydrogen-bond donors (Lipinski definition) is 1. The van der Waals surface area contributed by atoms with Gasteiger partial charge in [0.05, 0.1) is 0 Å². The molecular formula is C11H11F2NO. The molecule has 0 unspecified atom stereocenters. The summed E-state index contributed by atoms with van der Waals surface area (Å²) < 4.78 is 23.5. The Kier molecular flexibility index (Phi) is 3.97. The zero-order valence-corrected chi connectivity index (χ0v) is 8.21. The standard InChI is InChI=1S/C11H11F2NO/c1-8-3-2-4-9(7-8)14-11(15)6-5-10(12)13/h2-7,10H,1H3,(H,14,15)/b6-5+. The number of amides is 1. The third-order valence-electron chi connectivity index (χ3n) is 1.68. The molecule has 0 aliphatic heterocycles. The Balaban J connectivity index is 2.59. The molecule has 1 aromatic carbocycles. The summed E-state index contributed by atoms with van der Waals surface area (Å²) in [7, 11) is 0. The van der Waals surface area contributed by atoms with Gasteiger partial charge < -0.3 is 5.32 Å². The number of rotatable bonds is 3. The largest absolute Gasteiger partial charge is 0.323 e. The summed E-state index contributed by atoms with van der Waals surface area (Å²) in [6.45, 7) is 1.88. The number of allylic oxidation sites excluding steroid dienone is 1. The summed E-state index contributed by atoms with van der Waals surface area (Å²) in [6, 6.07) is 7.11. The van der Waals surface area contributed by atoms with E-state index in [9.17, 15) is 13.6 Å². The topological polar surface area (TPSA) is 29.1 Å². The van der Waals surface area contributed by atoms with Crippen molar-refractivity contribution in [1.82, 2.24) is 0 Å². The molecule has 0 saturated heterocycles. The predicted octanol–water partition coefficient (Wildman–Crippen LogP) is 2.75. The normalized spacial score (nSPS) is 10.9. The highest BCUT2D eigenvalue weighted by molar-refractivity contribution is 5.99. The van der Waals surface area contributed by atoms with E-state index in [1.54, 1.807) is 18.2 Å². The van der Waals surface area contributed by atoms with Crippen LogP contribution in [0.25, 0.3) is 0 Å². The first-order chi connectivity index (χ1) is 7.08. The van der Waals surface area contributed by atoms with Gasteiger partial charge in [0.2, 0.25) is 5.91 Å². The highest BCUT2D eigenvalue weighted by atomic mass is 19.3. The highest BCUT2D eigenvalue weighted by Crippen LogP contribution is 2.09. The molecule has 0 aliphatic carbocycles. The first kappa shape index (κ1) is 11.4. The van der Waals surface area contributed by atoms with Crippen LogP contribution in [0, 0.1) is 6.92 Å². The monoisotopic (exact) mass is 211 g/mol. The summed E-state index contributed by atoms with van der Waals surface area (Å²) in [5, 5.41) is 2.48. The number of benzene rings is 1. The van der Waals surface area contributed by atoms with Gasteiger partial charge in [-0.05, 0) is 30.7 Å². The molecule has 2 nitrogen and oxygen atoms in total. The van der Waals surface area contributed by atoms with E-state index in [0.29, 0.717) is 11.8 Å². The minimum absolute atomic E-state index is 0.547. The molecule has 0 aliphatic rings. The minimum atomic E-state index is -2.60. The molecule has 0 aromatic heterocycles. The molecule has 15 heavy (non-hydrogen) atoms. The van der Waals surface area contributed by atoms with Crippen molar-refractivity contribution >= 4 is 11.6 Å². The molecule has 80 valence electrons. The molecule has 0 fully saturated rings. The number of aryl methyl sites for hydroxylation is 1. The Hall–Kier alpha value is -1.71. The summed E-state index contributed by atoms with van der Waals surface area (Å²) >= 11 is 0. The average molecular weight is 211 g/mol. The van der Waals surface area contributed by atoms with Crippen LogP contribution in [-0.2, 0) is 4.79 Å². The summed E-state index contributed by atoms with van der Waals surface area (Å²) in [5.41, 5.74) is 1.59. The van der Waals surface area contributed by atoms with E-state index < -0.39 is 12.3 Å². The van der Waals surface area contributed by atoms with Crippen LogP contribution < -0.4 is 5.32 Å². The molecule has 0 saturated carbocycles. The fourth-order valence-corrected chi connectivity index (χ4v) is 1.07. The Morgan fingerprint density at radius 2 is 2.20 bits per heavy atom. The number of alkyl halides is 2. The number of nitrogens with one attached hydrogen (secondary N) is 1. The number of carbonyl (C=O) groups excluding carboxylic acids is 1. The first-order valence-corrected chi connectivity index (χ1v) is 4.42. The van der Waals surface area contributed by atoms with Crippen LogP contribution in [-0.4, -0.2) is 12.3 Å². The maximum absolute atomic E-state index is 11.7. The zero-order chi connectivity index (χ0) is 11.3. The zero-order valence-electron chi connectivity index (χ0n) is 8.21. The summed E-state index contributed by atoms with van der Waals surface area (Å²) in [6.07, 6.45) is -1.23. The molecule has 0 bridgehead atoms. The lowest BCUT2D eigenvalue weighted by Gasteiger charge is -2.02. The van der Waals surface area contributed by atoms with Crippen molar-refractivity contribution in [3.8, 4) is 0 Å². The molecule has 1 rings (SSSR count). The van der Waals surface area contributed by atoms with Gasteiger partial charge in [0.25, 0.3) is 6.43 Å². The van der Waals surface area contributed by atoms with Gasteiger partial charge in [0, 0.05) is 11.8 Å². The van der Waals surface area contributed by atoms with Crippen molar-refractivity contribution in [1.29, 1.82) is 0 Å². The SMILES string of the molecule is Cc1cccc(NC(=O)/C=C/C(F)F)c1. The molecule has 4 heteroatoms. The van der Waals surface area contributed by atoms with E-state index in [2.05, 4.69) is 5.32 Å². The van der Waals surface area contributed by atoms with Gasteiger partial charge >= 0.3 is 0 Å². The second kappa shape index (κ2) is 5.24. The summed E-state index contributed by atoms with van der Waals surface area (Å²) in [5.74, 6) is -0.555. The lowest BCUT2D eigenvalue weighted by molar-refractivity contribution is -0.112. The second-order valence-electron chi connectivity index (χ2n) is 3.05. The summed E-state index contributed by atoms with van der Waals surface area (Å²) in [4.78, 5) is 11.1. The number of carbonyl (C=O) groups is 1. The van der Waals surface area contributed by atoms with E-state index in [1.165, 1.54) is 0 Å². The van der Waals surface area contributed by atoms with Crippen molar-refractivity contribution < 1.29 is 13.6 Å². The van der Waals surface area contributed by atoms with Crippen molar-refractivity contribution in [2.24, 2.45) is 0 Å². The Morgan fingerprint density at radius 1 is 1.47 bits per heavy atom. The third kappa shape index (κ3) is 4.35. The van der Waals surface area contributed by atoms with E-state index in [0.717, 1.165) is 11.6 Å². The number of anilines is 1. The van der Waals surface area contributed by atoms with E-state index in [-0.39, 0.29) is 0 Å². The lowest BCUT2D eigenvalue weighted by Crippen LogP contribution is -2.08. The Labute approximate surface area is 86.6 Å². The number of hydrogen-bond acceptors (Lipinski definition) is 1. The van der Waals surface area contributed by atoms with Crippen molar-refractivity contribution in [3.63, 3.8) is 0 Å². The molecule has 1 N–H and O–H groups in total. The first-order valence-electron chi connectivity index (χ1n) is 4.42. The molecule has 0 spiro atoms. The quantitative estimate of drug-likeness (QED) is 0.765. The van der Waals surface area contributed by atoms with Gasteiger partial charge in [-0.3, -0.25) is 4.79 Å². The van der Waals surface area contributed by atoms with Crippen molar-refractivity contribution in [3.05, 3.63) is 42.0 Å². The predicted molar refractivity (Wildman–Crippen MR) is 55.0 cm³/mol. The van der Waals surface area contributed by atoms with Gasteiger partial charge in [-0.15, -0.1) is 0 Å². The van der Waals surface area contributed by atoms with Crippen molar-refractivity contribution in [2.45, 2.75) is 13.3 Å². The van der Waals surface area contributed by atoms with E-state index >= 15 is 0 Å². The van der Waals surface area contributed by atoms with Crippen molar-refractivity contribution in [2.75, 3.05) is 5.32 Å². The Bertz CT molecular complexity index is 375. The van der Waals surface area contributed by atoms with Crippen LogP contribution in [0.5, 0.6) is 0 Å². The van der Waals surface area contributed by atoms with Crippen LogP contribution in [0.1, 0.15) is 5.56 Å². The molecule has 0 heterocycles. The Morgan fingerprint density at radius 3 is 2.80 bits per heavy atom. The van der Waals surface area contributed by atoms with Crippen LogP contribution in [0.3, 0.4) is 0 Å². The van der Waals surface area contributed by atoms with Crippen LogP contribution in [0.15, 0.2) is 36.4 Å². The van der Waals surface area contributed by atoms with E-state index in [4.69, 9.17) is 0 Å². The highest BCUT2D eigenvalue weighted by Gasteiger charge is 1.99. The fourth-order valence-electron chi connectivity index (χ4n) is 1.07. The molecule has 0 radical (unpaired) electrons. The minimum Gasteiger partial charge on any atom is -0.323 e. The van der Waals surface area contributed by atoms with Gasteiger partial charge in [-0.2, -0.15) is 0 Å². The molecule has 1 aromatic rings. The van der Waals surface area contributed by atoms with Crippen LogP contribution >= 0.6 is 0 Å². The average Bonchev–Trinajstić information content (AvgIpc) is 2.15. The molecular weight excluding hydrogens is 200 g/mol. The maximum atomic E-state index is 11.7. The molecule has 1 amide bonds. The van der Waals surface area contributed by atoms with Gasteiger partial charge in [-0.1, -0.05) is 12.1 Å². The lowest BCUT2D eigenvalue weighted by atomic mass is 10.2. The second-order valence-corrected chi connectivity index (χ2v) is 3.05.